The van der Waals surface area contributed by atoms with E-state index in [1.54, 1.807) is 0 Å². The molecule has 1 aliphatic heterocycles. The molecule has 0 spiro atoms. The first-order chi connectivity index (χ1) is 8.12. The van der Waals surface area contributed by atoms with E-state index in [0.717, 1.165) is 12.5 Å². The van der Waals surface area contributed by atoms with Crippen LogP contribution in [0.25, 0.3) is 0 Å². The zero-order chi connectivity index (χ0) is 12.3. The Labute approximate surface area is 103 Å². The predicted octanol–water partition coefficient (Wildman–Crippen LogP) is 1.60. The van der Waals surface area contributed by atoms with Crippen molar-refractivity contribution in [2.45, 2.75) is 32.1 Å². The average molecular weight is 241 g/mol. The SMILES string of the molecule is CN(CCC1CCCC1)CC1(C(=O)O)COC1. The molecule has 0 amide bonds. The van der Waals surface area contributed by atoms with Crippen molar-refractivity contribution in [1.29, 1.82) is 0 Å². The van der Waals surface area contributed by atoms with Crippen LogP contribution in [-0.4, -0.2) is 49.3 Å². The van der Waals surface area contributed by atoms with E-state index in [9.17, 15) is 9.90 Å². The molecule has 2 rings (SSSR count). The predicted molar refractivity (Wildman–Crippen MR) is 65.0 cm³/mol. The highest BCUT2D eigenvalue weighted by molar-refractivity contribution is 5.76. The fourth-order valence-corrected chi connectivity index (χ4v) is 2.93. The van der Waals surface area contributed by atoms with Crippen LogP contribution in [0.1, 0.15) is 32.1 Å². The van der Waals surface area contributed by atoms with E-state index in [2.05, 4.69) is 4.90 Å². The maximum Gasteiger partial charge on any atom is 0.315 e. The van der Waals surface area contributed by atoms with E-state index in [1.807, 2.05) is 7.05 Å². The van der Waals surface area contributed by atoms with Crippen LogP contribution in [0.3, 0.4) is 0 Å². The fraction of sp³-hybridized carbons (Fsp3) is 0.923. The van der Waals surface area contributed by atoms with Crippen molar-refractivity contribution in [3.05, 3.63) is 0 Å². The van der Waals surface area contributed by atoms with Crippen molar-refractivity contribution in [2.24, 2.45) is 11.3 Å². The number of hydrogen-bond donors (Lipinski definition) is 1. The van der Waals surface area contributed by atoms with Crippen molar-refractivity contribution in [2.75, 3.05) is 33.4 Å². The fourth-order valence-electron chi connectivity index (χ4n) is 2.93. The molecule has 1 aliphatic carbocycles. The Morgan fingerprint density at radius 3 is 2.53 bits per heavy atom. The van der Waals surface area contributed by atoms with Crippen molar-refractivity contribution in [3.8, 4) is 0 Å². The molecule has 1 saturated carbocycles. The topological polar surface area (TPSA) is 49.8 Å². The second kappa shape index (κ2) is 5.36. The van der Waals surface area contributed by atoms with Crippen LogP contribution in [0, 0.1) is 11.3 Å². The highest BCUT2D eigenvalue weighted by Gasteiger charge is 2.46. The summed E-state index contributed by atoms with van der Waals surface area (Å²) < 4.78 is 5.07. The van der Waals surface area contributed by atoms with Crippen LogP contribution in [0.4, 0.5) is 0 Å². The van der Waals surface area contributed by atoms with Crippen LogP contribution >= 0.6 is 0 Å². The molecule has 1 heterocycles. The number of ether oxygens (including phenoxy) is 1. The normalized spacial score (nSPS) is 23.9. The monoisotopic (exact) mass is 241 g/mol. The number of carbonyl (C=O) groups is 1. The zero-order valence-electron chi connectivity index (χ0n) is 10.7. The van der Waals surface area contributed by atoms with Gasteiger partial charge in [0.25, 0.3) is 0 Å². The molecule has 0 atom stereocenters. The lowest BCUT2D eigenvalue weighted by Crippen LogP contribution is -2.55. The number of aliphatic carboxylic acids is 1. The Bertz CT molecular complexity index is 270. The van der Waals surface area contributed by atoms with Crippen molar-refractivity contribution in [3.63, 3.8) is 0 Å². The first-order valence-electron chi connectivity index (χ1n) is 6.62. The van der Waals surface area contributed by atoms with Crippen LogP contribution in [-0.2, 0) is 9.53 Å². The van der Waals surface area contributed by atoms with E-state index in [0.29, 0.717) is 19.8 Å². The summed E-state index contributed by atoms with van der Waals surface area (Å²) in [7, 11) is 2.03. The van der Waals surface area contributed by atoms with Crippen molar-refractivity contribution >= 4 is 5.97 Å². The highest BCUT2D eigenvalue weighted by Crippen LogP contribution is 2.30. The van der Waals surface area contributed by atoms with Gasteiger partial charge in [0, 0.05) is 6.54 Å². The highest BCUT2D eigenvalue weighted by atomic mass is 16.5. The van der Waals surface area contributed by atoms with Gasteiger partial charge in [-0.25, -0.2) is 0 Å². The third-order valence-electron chi connectivity index (χ3n) is 4.18. The quantitative estimate of drug-likeness (QED) is 0.767. The molecule has 98 valence electrons. The molecule has 0 aromatic carbocycles. The average Bonchev–Trinajstić information content (AvgIpc) is 2.72. The maximum absolute atomic E-state index is 11.2. The van der Waals surface area contributed by atoms with E-state index in [1.165, 1.54) is 32.1 Å². The molecule has 1 N–H and O–H groups in total. The van der Waals surface area contributed by atoms with Crippen LogP contribution < -0.4 is 0 Å². The van der Waals surface area contributed by atoms with Crippen LogP contribution in [0.2, 0.25) is 0 Å². The van der Waals surface area contributed by atoms with Crippen molar-refractivity contribution < 1.29 is 14.6 Å². The lowest BCUT2D eigenvalue weighted by atomic mass is 9.85. The Morgan fingerprint density at radius 2 is 2.06 bits per heavy atom. The Balaban J connectivity index is 1.72. The number of hydrogen-bond acceptors (Lipinski definition) is 3. The third-order valence-corrected chi connectivity index (χ3v) is 4.18. The third kappa shape index (κ3) is 2.99. The van der Waals surface area contributed by atoms with Crippen molar-refractivity contribution in [1.82, 2.24) is 4.90 Å². The van der Waals surface area contributed by atoms with Gasteiger partial charge >= 0.3 is 5.97 Å². The van der Waals surface area contributed by atoms with Gasteiger partial charge in [0.2, 0.25) is 0 Å². The summed E-state index contributed by atoms with van der Waals surface area (Å²) in [4.78, 5) is 13.4. The first-order valence-corrected chi connectivity index (χ1v) is 6.62. The summed E-state index contributed by atoms with van der Waals surface area (Å²) in [6.07, 6.45) is 6.69. The summed E-state index contributed by atoms with van der Waals surface area (Å²) >= 11 is 0. The van der Waals surface area contributed by atoms with Gasteiger partial charge in [-0.2, -0.15) is 0 Å². The molecule has 0 bridgehead atoms. The maximum atomic E-state index is 11.2. The summed E-state index contributed by atoms with van der Waals surface area (Å²) in [5, 5.41) is 9.21. The molecule has 0 aromatic heterocycles. The summed E-state index contributed by atoms with van der Waals surface area (Å²) in [6, 6.07) is 0. The van der Waals surface area contributed by atoms with Gasteiger partial charge in [-0.1, -0.05) is 25.7 Å². The molecular formula is C13H23NO3. The second-order valence-corrected chi connectivity index (χ2v) is 5.76. The van der Waals surface area contributed by atoms with Crippen LogP contribution in [0.5, 0.6) is 0 Å². The number of rotatable bonds is 6. The van der Waals surface area contributed by atoms with E-state index < -0.39 is 11.4 Å². The summed E-state index contributed by atoms with van der Waals surface area (Å²) in [5.41, 5.74) is -0.634. The minimum absolute atomic E-state index is 0.371. The first kappa shape index (κ1) is 12.8. The number of carboxylic acids is 1. The number of nitrogens with zero attached hydrogens (tertiary/aromatic N) is 1. The molecular weight excluding hydrogens is 218 g/mol. The summed E-state index contributed by atoms with van der Waals surface area (Å²) in [6.45, 7) is 2.38. The Hall–Kier alpha value is -0.610. The molecule has 0 aromatic rings. The molecule has 4 heteroatoms. The van der Waals surface area contributed by atoms with Gasteiger partial charge < -0.3 is 14.7 Å². The minimum atomic E-state index is -0.712. The molecule has 4 nitrogen and oxygen atoms in total. The van der Waals surface area contributed by atoms with Gasteiger partial charge in [0.1, 0.15) is 5.41 Å². The molecule has 1 saturated heterocycles. The van der Waals surface area contributed by atoms with Gasteiger partial charge in [-0.15, -0.1) is 0 Å². The lowest BCUT2D eigenvalue weighted by molar-refractivity contribution is -0.182. The summed E-state index contributed by atoms with van der Waals surface area (Å²) in [5.74, 6) is 0.160. The largest absolute Gasteiger partial charge is 0.481 e. The zero-order valence-corrected chi connectivity index (χ0v) is 10.7. The lowest BCUT2D eigenvalue weighted by Gasteiger charge is -2.40. The van der Waals surface area contributed by atoms with Crippen LogP contribution in [0.15, 0.2) is 0 Å². The van der Waals surface area contributed by atoms with E-state index in [-0.39, 0.29) is 0 Å². The molecule has 2 fully saturated rings. The number of carboxylic acid groups (broad SMARTS) is 1. The smallest absolute Gasteiger partial charge is 0.315 e. The van der Waals surface area contributed by atoms with Gasteiger partial charge in [-0.3, -0.25) is 4.79 Å². The van der Waals surface area contributed by atoms with E-state index in [4.69, 9.17) is 4.74 Å². The standard InChI is InChI=1S/C13H23NO3/c1-14(7-6-11-4-2-3-5-11)8-13(12(15)16)9-17-10-13/h11H,2-10H2,1H3,(H,15,16). The van der Waals surface area contributed by atoms with Gasteiger partial charge in [0.05, 0.1) is 13.2 Å². The second-order valence-electron chi connectivity index (χ2n) is 5.76. The Morgan fingerprint density at radius 1 is 1.41 bits per heavy atom. The molecule has 17 heavy (non-hydrogen) atoms. The molecule has 0 unspecified atom stereocenters. The Kier molecular flexibility index (Phi) is 4.05. The molecule has 2 aliphatic rings. The molecule has 0 radical (unpaired) electrons. The van der Waals surface area contributed by atoms with E-state index >= 15 is 0 Å². The van der Waals surface area contributed by atoms with Gasteiger partial charge in [0.15, 0.2) is 0 Å². The van der Waals surface area contributed by atoms with Gasteiger partial charge in [-0.05, 0) is 25.9 Å². The minimum Gasteiger partial charge on any atom is -0.481 e.